The molecule has 1 atom stereocenters. The summed E-state index contributed by atoms with van der Waals surface area (Å²) in [5, 5.41) is 0. The van der Waals surface area contributed by atoms with Crippen LogP contribution in [0.4, 0.5) is 0 Å². The van der Waals surface area contributed by atoms with E-state index in [1.165, 1.54) is 0 Å². The van der Waals surface area contributed by atoms with E-state index in [1.807, 2.05) is 26.0 Å². The van der Waals surface area contributed by atoms with Crippen LogP contribution in [0.2, 0.25) is 0 Å². The van der Waals surface area contributed by atoms with Crippen LogP contribution in [0.25, 0.3) is 5.65 Å². The number of rotatable bonds is 4. The van der Waals surface area contributed by atoms with Crippen LogP contribution in [0, 0.1) is 6.92 Å². The zero-order valence-electron chi connectivity index (χ0n) is 13.9. The summed E-state index contributed by atoms with van der Waals surface area (Å²) in [5.74, 6) is 1.48. The van der Waals surface area contributed by atoms with E-state index in [9.17, 15) is 9.59 Å². The van der Waals surface area contributed by atoms with E-state index in [1.54, 1.807) is 28.4 Å². The number of esters is 1. The molecule has 6 nitrogen and oxygen atoms in total. The van der Waals surface area contributed by atoms with Gasteiger partial charge in [0, 0.05) is 36.9 Å². The monoisotopic (exact) mass is 347 g/mol. The Morgan fingerprint density at radius 1 is 1.50 bits per heavy atom. The molecular formula is C17H21N3O3S. The van der Waals surface area contributed by atoms with Crippen LogP contribution in [0.15, 0.2) is 29.2 Å². The van der Waals surface area contributed by atoms with Crippen LogP contribution >= 0.6 is 11.8 Å². The van der Waals surface area contributed by atoms with Crippen molar-refractivity contribution in [2.75, 3.05) is 24.7 Å². The van der Waals surface area contributed by atoms with Crippen molar-refractivity contribution in [1.29, 1.82) is 0 Å². The van der Waals surface area contributed by atoms with Crippen molar-refractivity contribution in [1.82, 2.24) is 14.3 Å². The Labute approximate surface area is 144 Å². The molecule has 1 aliphatic rings. The Kier molecular flexibility index (Phi) is 5.20. The van der Waals surface area contributed by atoms with E-state index in [0.717, 1.165) is 17.9 Å². The maximum absolute atomic E-state index is 12.3. The minimum absolute atomic E-state index is 0.0993. The number of hydrogen-bond acceptors (Lipinski definition) is 6. The van der Waals surface area contributed by atoms with Gasteiger partial charge in [-0.3, -0.25) is 18.9 Å². The molecule has 0 bridgehead atoms. The molecule has 2 aromatic rings. The van der Waals surface area contributed by atoms with Gasteiger partial charge in [0.1, 0.15) is 11.7 Å². The molecule has 2 aromatic heterocycles. The Morgan fingerprint density at radius 2 is 2.33 bits per heavy atom. The molecule has 24 heavy (non-hydrogen) atoms. The number of hydrogen-bond donors (Lipinski definition) is 0. The number of nitrogens with zero attached hydrogens (tertiary/aromatic N) is 3. The van der Waals surface area contributed by atoms with Crippen molar-refractivity contribution < 1.29 is 9.53 Å². The quantitative estimate of drug-likeness (QED) is 0.781. The maximum atomic E-state index is 12.3. The highest BCUT2D eigenvalue weighted by molar-refractivity contribution is 7.99. The predicted molar refractivity (Wildman–Crippen MR) is 94.4 cm³/mol. The SMILES string of the molecule is CCOC(=O)[C@@H]1CSCCN1Cc1cc(=O)n2cccc(C)c2n1. The second-order valence-corrected chi connectivity index (χ2v) is 6.93. The average molecular weight is 347 g/mol. The summed E-state index contributed by atoms with van der Waals surface area (Å²) in [6, 6.07) is 5.05. The second kappa shape index (κ2) is 7.36. The third kappa shape index (κ3) is 3.47. The van der Waals surface area contributed by atoms with Gasteiger partial charge < -0.3 is 4.74 Å². The fraction of sp³-hybridized carbons (Fsp3) is 0.471. The number of ether oxygens (including phenoxy) is 1. The van der Waals surface area contributed by atoms with Crippen molar-refractivity contribution in [2.45, 2.75) is 26.4 Å². The Bertz CT molecular complexity index is 805. The van der Waals surface area contributed by atoms with Crippen LogP contribution in [0.5, 0.6) is 0 Å². The van der Waals surface area contributed by atoms with Crippen molar-refractivity contribution in [2.24, 2.45) is 0 Å². The van der Waals surface area contributed by atoms with Crippen LogP contribution in [-0.2, 0) is 16.1 Å². The average Bonchev–Trinajstić information content (AvgIpc) is 2.57. The Balaban J connectivity index is 1.89. The van der Waals surface area contributed by atoms with Gasteiger partial charge in [-0.25, -0.2) is 4.98 Å². The Hall–Kier alpha value is -1.86. The third-order valence-corrected chi connectivity index (χ3v) is 5.13. The van der Waals surface area contributed by atoms with E-state index < -0.39 is 0 Å². The summed E-state index contributed by atoms with van der Waals surface area (Å²) >= 11 is 1.75. The second-order valence-electron chi connectivity index (χ2n) is 5.78. The molecule has 0 N–H and O–H groups in total. The van der Waals surface area contributed by atoms with Crippen LogP contribution in [0.3, 0.4) is 0 Å². The molecule has 0 saturated carbocycles. The summed E-state index contributed by atoms with van der Waals surface area (Å²) in [5.41, 5.74) is 2.21. The lowest BCUT2D eigenvalue weighted by Crippen LogP contribution is -2.47. The molecule has 0 unspecified atom stereocenters. The summed E-state index contributed by atoms with van der Waals surface area (Å²) < 4.78 is 6.73. The van der Waals surface area contributed by atoms with E-state index >= 15 is 0 Å². The van der Waals surface area contributed by atoms with Crippen molar-refractivity contribution in [3.8, 4) is 0 Å². The van der Waals surface area contributed by atoms with Crippen molar-refractivity contribution in [3.05, 3.63) is 46.0 Å². The molecule has 3 heterocycles. The van der Waals surface area contributed by atoms with E-state index in [0.29, 0.717) is 30.2 Å². The molecule has 1 fully saturated rings. The normalized spacial score (nSPS) is 18.7. The van der Waals surface area contributed by atoms with Gasteiger partial charge in [0.05, 0.1) is 12.3 Å². The lowest BCUT2D eigenvalue weighted by Gasteiger charge is -2.33. The van der Waals surface area contributed by atoms with Gasteiger partial charge in [0.25, 0.3) is 5.56 Å². The Morgan fingerprint density at radius 3 is 3.12 bits per heavy atom. The highest BCUT2D eigenvalue weighted by atomic mass is 32.2. The number of fused-ring (bicyclic) bond motifs is 1. The molecule has 0 spiro atoms. The van der Waals surface area contributed by atoms with Gasteiger partial charge in [0.2, 0.25) is 0 Å². The van der Waals surface area contributed by atoms with Gasteiger partial charge in [0.15, 0.2) is 0 Å². The number of aryl methyl sites for hydroxylation is 1. The molecule has 128 valence electrons. The fourth-order valence-corrected chi connectivity index (χ4v) is 3.98. The first-order valence-electron chi connectivity index (χ1n) is 8.06. The molecule has 3 rings (SSSR count). The van der Waals surface area contributed by atoms with E-state index in [2.05, 4.69) is 9.88 Å². The molecule has 0 radical (unpaired) electrons. The fourth-order valence-electron chi connectivity index (χ4n) is 2.88. The number of pyridine rings is 1. The zero-order valence-corrected chi connectivity index (χ0v) is 14.7. The third-order valence-electron chi connectivity index (χ3n) is 4.10. The van der Waals surface area contributed by atoms with Gasteiger partial charge in [-0.05, 0) is 25.5 Å². The van der Waals surface area contributed by atoms with Crippen LogP contribution in [-0.4, -0.2) is 51.0 Å². The maximum Gasteiger partial charge on any atom is 0.324 e. The first-order chi connectivity index (χ1) is 11.6. The summed E-state index contributed by atoms with van der Waals surface area (Å²) in [6.45, 7) is 5.38. The van der Waals surface area contributed by atoms with Gasteiger partial charge in [-0.1, -0.05) is 6.07 Å². The number of aromatic nitrogens is 2. The first-order valence-corrected chi connectivity index (χ1v) is 9.22. The smallest absolute Gasteiger partial charge is 0.324 e. The summed E-state index contributed by atoms with van der Waals surface area (Å²) in [4.78, 5) is 31.2. The van der Waals surface area contributed by atoms with Gasteiger partial charge in [-0.2, -0.15) is 11.8 Å². The van der Waals surface area contributed by atoms with Crippen LogP contribution < -0.4 is 5.56 Å². The minimum atomic E-state index is -0.277. The summed E-state index contributed by atoms with van der Waals surface area (Å²) in [6.07, 6.45) is 1.72. The number of thioether (sulfide) groups is 1. The van der Waals surface area contributed by atoms with Gasteiger partial charge >= 0.3 is 5.97 Å². The zero-order chi connectivity index (χ0) is 17.1. The molecular weight excluding hydrogens is 326 g/mol. The highest BCUT2D eigenvalue weighted by Crippen LogP contribution is 2.19. The lowest BCUT2D eigenvalue weighted by atomic mass is 10.2. The number of carbonyl (C=O) groups excluding carboxylic acids is 1. The molecule has 0 amide bonds. The first kappa shape index (κ1) is 17.0. The summed E-state index contributed by atoms with van der Waals surface area (Å²) in [7, 11) is 0. The van der Waals surface area contributed by atoms with Crippen molar-refractivity contribution >= 4 is 23.4 Å². The predicted octanol–water partition coefficient (Wildman–Crippen LogP) is 1.48. The standard InChI is InChI=1S/C17H21N3O3S/c1-3-23-17(22)14-11-24-8-7-19(14)10-13-9-15(21)20-6-4-5-12(2)16(20)18-13/h4-6,9,14H,3,7-8,10-11H2,1-2H3/t14-/m0/s1. The van der Waals surface area contributed by atoms with Crippen LogP contribution in [0.1, 0.15) is 18.2 Å². The largest absolute Gasteiger partial charge is 0.465 e. The molecule has 0 aromatic carbocycles. The highest BCUT2D eigenvalue weighted by Gasteiger charge is 2.30. The topological polar surface area (TPSA) is 63.9 Å². The minimum Gasteiger partial charge on any atom is -0.465 e. The van der Waals surface area contributed by atoms with Crippen molar-refractivity contribution in [3.63, 3.8) is 0 Å². The van der Waals surface area contributed by atoms with E-state index in [-0.39, 0.29) is 17.6 Å². The lowest BCUT2D eigenvalue weighted by molar-refractivity contribution is -0.148. The van der Waals surface area contributed by atoms with E-state index in [4.69, 9.17) is 4.74 Å². The molecule has 1 aliphatic heterocycles. The van der Waals surface area contributed by atoms with Gasteiger partial charge in [-0.15, -0.1) is 0 Å². The molecule has 7 heteroatoms. The molecule has 0 aliphatic carbocycles. The number of carbonyl (C=O) groups is 1. The molecule has 1 saturated heterocycles.